The fourth-order valence-corrected chi connectivity index (χ4v) is 7.87. The van der Waals surface area contributed by atoms with Crippen LogP contribution in [0, 0.1) is 0 Å². The third-order valence-electron chi connectivity index (χ3n) is 10.8. The predicted molar refractivity (Wildman–Crippen MR) is 231 cm³/mol. The average molecular weight is 707 g/mol. The molecule has 4 heteroatoms. The summed E-state index contributed by atoms with van der Waals surface area (Å²) in [5.41, 5.74) is 13.1. The van der Waals surface area contributed by atoms with Crippen molar-refractivity contribution in [2.75, 3.05) is 10.2 Å². The number of anilines is 3. The van der Waals surface area contributed by atoms with Crippen molar-refractivity contribution in [2.45, 2.75) is 19.5 Å². The third-order valence-corrected chi connectivity index (χ3v) is 10.8. The van der Waals surface area contributed by atoms with Crippen molar-refractivity contribution in [3.63, 3.8) is 0 Å². The van der Waals surface area contributed by atoms with Crippen LogP contribution in [0.3, 0.4) is 0 Å². The van der Waals surface area contributed by atoms with Gasteiger partial charge >= 0.3 is 0 Å². The second kappa shape index (κ2) is 13.7. The van der Waals surface area contributed by atoms with Crippen molar-refractivity contribution in [3.05, 3.63) is 188 Å². The molecule has 0 amide bonds. The summed E-state index contributed by atoms with van der Waals surface area (Å²) in [5, 5.41) is 8.64. The smallest absolute Gasteiger partial charge is 0.160 e. The van der Waals surface area contributed by atoms with Gasteiger partial charge < -0.3 is 10.2 Å². The molecule has 9 aromatic rings. The minimum absolute atomic E-state index is 0.199. The molecule has 2 heterocycles. The van der Waals surface area contributed by atoms with Crippen LogP contribution in [0.2, 0.25) is 0 Å². The van der Waals surface area contributed by atoms with E-state index in [1.165, 1.54) is 49.5 Å². The summed E-state index contributed by atoms with van der Waals surface area (Å²) in [7, 11) is 0. The first-order valence-electron chi connectivity index (χ1n) is 19.0. The SMILES string of the molecule is CCC1Nc2ccccc2N1c1ccc(-c2nc(-c3ccc(-c4ccc5ccccc5c4)cc3)cc(-c3ccc(-c4ccc5ccccc5c4)cc3)n2)cc1. The summed E-state index contributed by atoms with van der Waals surface area (Å²) in [6.45, 7) is 2.22. The van der Waals surface area contributed by atoms with Gasteiger partial charge in [-0.3, -0.25) is 0 Å². The first kappa shape index (κ1) is 32.6. The van der Waals surface area contributed by atoms with E-state index in [1.807, 2.05) is 0 Å². The van der Waals surface area contributed by atoms with Crippen LogP contribution in [0.15, 0.2) is 188 Å². The van der Waals surface area contributed by atoms with E-state index in [4.69, 9.17) is 9.97 Å². The Morgan fingerprint density at radius 1 is 0.436 bits per heavy atom. The van der Waals surface area contributed by atoms with Gasteiger partial charge in [0.2, 0.25) is 0 Å². The summed E-state index contributed by atoms with van der Waals surface area (Å²) in [6.07, 6.45) is 1.18. The highest BCUT2D eigenvalue weighted by molar-refractivity contribution is 5.89. The highest BCUT2D eigenvalue weighted by atomic mass is 15.3. The van der Waals surface area contributed by atoms with Crippen LogP contribution in [0.5, 0.6) is 0 Å². The van der Waals surface area contributed by atoms with Crippen LogP contribution in [-0.4, -0.2) is 16.1 Å². The molecule has 0 radical (unpaired) electrons. The van der Waals surface area contributed by atoms with Gasteiger partial charge in [-0.15, -0.1) is 0 Å². The number of hydrogen-bond donors (Lipinski definition) is 1. The molecule has 262 valence electrons. The molecule has 4 nitrogen and oxygen atoms in total. The number of rotatable bonds is 7. The second-order valence-electron chi connectivity index (χ2n) is 14.2. The monoisotopic (exact) mass is 706 g/mol. The molecule has 1 atom stereocenters. The average Bonchev–Trinajstić information content (AvgIpc) is 3.65. The molecule has 0 saturated heterocycles. The molecular formula is C51H38N4. The van der Waals surface area contributed by atoms with Crippen molar-refractivity contribution in [2.24, 2.45) is 0 Å². The molecular weight excluding hydrogens is 669 g/mol. The van der Waals surface area contributed by atoms with Crippen molar-refractivity contribution in [1.82, 2.24) is 9.97 Å². The maximum atomic E-state index is 5.19. The summed E-state index contributed by atoms with van der Waals surface area (Å²) < 4.78 is 0. The standard InChI is InChI=1S/C51H38N4/c1-2-50-52-46-13-7-8-14-49(46)55(50)45-29-27-40(28-30-45)51-53-47(38-21-15-36(16-22-38)43-25-19-34-9-3-5-11-41(34)31-43)33-48(54-51)39-23-17-37(18-24-39)44-26-20-35-10-4-6-12-42(35)32-44/h3-33,50,52H,2H2,1H3. The predicted octanol–water partition coefficient (Wildman–Crippen LogP) is 13.4. The van der Waals surface area contributed by atoms with Crippen molar-refractivity contribution in [3.8, 4) is 56.2 Å². The van der Waals surface area contributed by atoms with E-state index in [9.17, 15) is 0 Å². The van der Waals surface area contributed by atoms with Gasteiger partial charge in [0.1, 0.15) is 6.17 Å². The third kappa shape index (κ3) is 6.18. The van der Waals surface area contributed by atoms with Gasteiger partial charge in [0.15, 0.2) is 5.82 Å². The minimum atomic E-state index is 0.199. The summed E-state index contributed by atoms with van der Waals surface area (Å²) >= 11 is 0. The minimum Gasteiger partial charge on any atom is -0.363 e. The van der Waals surface area contributed by atoms with Crippen LogP contribution in [0.25, 0.3) is 77.7 Å². The quantitative estimate of drug-likeness (QED) is 0.179. The Bertz CT molecular complexity index is 2680. The molecule has 1 aliphatic rings. The molecule has 1 aliphatic heterocycles. The Hall–Kier alpha value is -7.04. The normalized spacial score (nSPS) is 13.5. The van der Waals surface area contributed by atoms with E-state index in [2.05, 4.69) is 205 Å². The van der Waals surface area contributed by atoms with Gasteiger partial charge in [0.25, 0.3) is 0 Å². The zero-order valence-electron chi connectivity index (χ0n) is 30.5. The molecule has 55 heavy (non-hydrogen) atoms. The largest absolute Gasteiger partial charge is 0.363 e. The Kier molecular flexibility index (Phi) is 8.15. The number of hydrogen-bond acceptors (Lipinski definition) is 4. The summed E-state index contributed by atoms with van der Waals surface area (Å²) in [6, 6.07) is 67.1. The molecule has 1 aromatic heterocycles. The highest BCUT2D eigenvalue weighted by Crippen LogP contribution is 2.41. The molecule has 0 bridgehead atoms. The van der Waals surface area contributed by atoms with Gasteiger partial charge in [-0.05, 0) is 105 Å². The fraction of sp³-hybridized carbons (Fsp3) is 0.0588. The number of nitrogens with one attached hydrogen (secondary N) is 1. The zero-order valence-corrected chi connectivity index (χ0v) is 30.5. The van der Waals surface area contributed by atoms with E-state index in [-0.39, 0.29) is 6.17 Å². The highest BCUT2D eigenvalue weighted by Gasteiger charge is 2.28. The number of aromatic nitrogens is 2. The molecule has 1 N–H and O–H groups in total. The van der Waals surface area contributed by atoms with Crippen LogP contribution in [-0.2, 0) is 0 Å². The van der Waals surface area contributed by atoms with E-state index in [0.29, 0.717) is 5.82 Å². The van der Waals surface area contributed by atoms with Crippen molar-refractivity contribution < 1.29 is 0 Å². The fourth-order valence-electron chi connectivity index (χ4n) is 7.87. The maximum Gasteiger partial charge on any atom is 0.160 e. The van der Waals surface area contributed by atoms with E-state index in [0.717, 1.165) is 45.9 Å². The first-order valence-corrected chi connectivity index (χ1v) is 19.0. The number of benzene rings is 8. The topological polar surface area (TPSA) is 41.0 Å². The van der Waals surface area contributed by atoms with E-state index in [1.54, 1.807) is 0 Å². The van der Waals surface area contributed by atoms with Gasteiger partial charge in [-0.1, -0.05) is 140 Å². The lowest BCUT2D eigenvalue weighted by Gasteiger charge is -2.26. The molecule has 0 fully saturated rings. The maximum absolute atomic E-state index is 5.19. The van der Waals surface area contributed by atoms with Crippen molar-refractivity contribution >= 4 is 38.6 Å². The van der Waals surface area contributed by atoms with Gasteiger partial charge in [-0.25, -0.2) is 9.97 Å². The summed E-state index contributed by atoms with van der Waals surface area (Å²) in [4.78, 5) is 12.8. The second-order valence-corrected chi connectivity index (χ2v) is 14.2. The molecule has 1 unspecified atom stereocenters. The lowest BCUT2D eigenvalue weighted by molar-refractivity contribution is 0.728. The zero-order chi connectivity index (χ0) is 36.7. The molecule has 0 spiro atoms. The summed E-state index contributed by atoms with van der Waals surface area (Å²) in [5.74, 6) is 0.697. The van der Waals surface area contributed by atoms with Crippen LogP contribution in [0.1, 0.15) is 13.3 Å². The lowest BCUT2D eigenvalue weighted by atomic mass is 9.98. The molecule has 10 rings (SSSR count). The first-order chi connectivity index (χ1) is 27.2. The van der Waals surface area contributed by atoms with Gasteiger partial charge in [0.05, 0.1) is 22.8 Å². The number of para-hydroxylation sites is 2. The Morgan fingerprint density at radius 3 is 1.44 bits per heavy atom. The molecule has 0 aliphatic carbocycles. The Morgan fingerprint density at radius 2 is 0.891 bits per heavy atom. The Balaban J connectivity index is 1.02. The van der Waals surface area contributed by atoms with E-state index < -0.39 is 0 Å². The van der Waals surface area contributed by atoms with Crippen LogP contribution in [0.4, 0.5) is 17.1 Å². The molecule has 0 saturated carbocycles. The van der Waals surface area contributed by atoms with Crippen molar-refractivity contribution in [1.29, 1.82) is 0 Å². The molecule has 8 aromatic carbocycles. The lowest BCUT2D eigenvalue weighted by Crippen LogP contribution is -2.30. The van der Waals surface area contributed by atoms with Crippen LogP contribution < -0.4 is 10.2 Å². The number of fused-ring (bicyclic) bond motifs is 3. The van der Waals surface area contributed by atoms with Gasteiger partial charge in [-0.2, -0.15) is 0 Å². The van der Waals surface area contributed by atoms with Gasteiger partial charge in [0, 0.05) is 22.4 Å². The number of nitrogens with zero attached hydrogens (tertiary/aromatic N) is 3. The van der Waals surface area contributed by atoms with E-state index >= 15 is 0 Å². The van der Waals surface area contributed by atoms with Crippen LogP contribution >= 0.6 is 0 Å². The Labute approximate surface area is 321 Å².